The summed E-state index contributed by atoms with van der Waals surface area (Å²) in [7, 11) is 0. The minimum absolute atomic E-state index is 0.0247. The van der Waals surface area contributed by atoms with Crippen molar-refractivity contribution in [2.24, 2.45) is 0 Å². The molecule has 0 bridgehead atoms. The third-order valence-electron chi connectivity index (χ3n) is 4.25. The molecule has 3 rings (SSSR count). The van der Waals surface area contributed by atoms with Crippen LogP contribution in [0.25, 0.3) is 5.70 Å². The molecule has 3 nitrogen and oxygen atoms in total. The largest absolute Gasteiger partial charge is 0.393 e. The Labute approximate surface area is 174 Å². The number of hydrogen-bond acceptors (Lipinski definition) is 4. The van der Waals surface area contributed by atoms with E-state index in [1.54, 1.807) is 0 Å². The summed E-state index contributed by atoms with van der Waals surface area (Å²) >= 11 is 18.9. The number of likely N-dealkylation sites (tertiary alicyclic amines) is 1. The molecular formula is C17H15Cl2F3N2OS2. The number of hydrogen-bond donors (Lipinski definition) is 1. The molecule has 1 N–H and O–H groups in total. The van der Waals surface area contributed by atoms with Crippen molar-refractivity contribution in [2.75, 3.05) is 13.1 Å². The van der Waals surface area contributed by atoms with Crippen molar-refractivity contribution in [3.05, 3.63) is 38.2 Å². The third-order valence-corrected chi connectivity index (χ3v) is 6.07. The lowest BCUT2D eigenvalue weighted by molar-refractivity contribution is -0.127. The van der Waals surface area contributed by atoms with Gasteiger partial charge in [-0.05, 0) is 37.0 Å². The average molecular weight is 455 g/mol. The number of thioether (sulfide) groups is 1. The first kappa shape index (κ1) is 20.8. The van der Waals surface area contributed by atoms with Gasteiger partial charge < -0.3 is 10.2 Å². The molecule has 1 aromatic rings. The summed E-state index contributed by atoms with van der Waals surface area (Å²) in [4.78, 5) is 14.8. The van der Waals surface area contributed by atoms with Gasteiger partial charge in [0.25, 0.3) is 5.91 Å². The van der Waals surface area contributed by atoms with Crippen LogP contribution in [0.4, 0.5) is 13.2 Å². The predicted octanol–water partition coefficient (Wildman–Crippen LogP) is 5.40. The maximum atomic E-state index is 12.7. The number of amides is 1. The molecule has 0 radical (unpaired) electrons. The molecule has 2 fully saturated rings. The lowest BCUT2D eigenvalue weighted by atomic mass is 10.0. The van der Waals surface area contributed by atoms with Crippen molar-refractivity contribution in [1.29, 1.82) is 0 Å². The second-order valence-electron chi connectivity index (χ2n) is 6.30. The van der Waals surface area contributed by atoms with Gasteiger partial charge in [0.1, 0.15) is 9.23 Å². The number of nitrogens with zero attached hydrogens (tertiary/aromatic N) is 1. The minimum atomic E-state index is -4.37. The van der Waals surface area contributed by atoms with Crippen LogP contribution < -0.4 is 5.32 Å². The highest BCUT2D eigenvalue weighted by Crippen LogP contribution is 2.42. The average Bonchev–Trinajstić information content (AvgIpc) is 2.88. The lowest BCUT2D eigenvalue weighted by Crippen LogP contribution is -2.30. The summed E-state index contributed by atoms with van der Waals surface area (Å²) in [5.74, 6) is -0.350. The molecule has 1 amide bonds. The number of nitrogens with one attached hydrogen (secondary N) is 1. The van der Waals surface area contributed by atoms with E-state index in [1.165, 1.54) is 12.1 Å². The molecule has 0 saturated carbocycles. The van der Waals surface area contributed by atoms with Gasteiger partial charge in [0.05, 0.1) is 22.2 Å². The Morgan fingerprint density at radius 3 is 2.26 bits per heavy atom. The van der Waals surface area contributed by atoms with Gasteiger partial charge >= 0.3 is 6.18 Å². The van der Waals surface area contributed by atoms with E-state index in [0.29, 0.717) is 33.6 Å². The third kappa shape index (κ3) is 4.91. The molecule has 146 valence electrons. The van der Waals surface area contributed by atoms with Gasteiger partial charge in [0.15, 0.2) is 0 Å². The van der Waals surface area contributed by atoms with Crippen LogP contribution in [0.3, 0.4) is 0 Å². The Kier molecular flexibility index (Phi) is 6.30. The van der Waals surface area contributed by atoms with Gasteiger partial charge in [-0.15, -0.1) is 0 Å². The highest BCUT2D eigenvalue weighted by molar-refractivity contribution is 8.26. The molecule has 0 unspecified atom stereocenters. The number of benzene rings is 1. The number of carbonyl (C=O) groups is 1. The lowest BCUT2D eigenvalue weighted by Gasteiger charge is -2.33. The van der Waals surface area contributed by atoms with Gasteiger partial charge in [0.2, 0.25) is 0 Å². The second kappa shape index (κ2) is 8.19. The van der Waals surface area contributed by atoms with E-state index in [1.807, 2.05) is 4.90 Å². The van der Waals surface area contributed by atoms with E-state index < -0.39 is 12.6 Å². The number of carbonyl (C=O) groups excluding carboxylic acids is 1. The normalized spacial score (nSPS) is 20.1. The fourth-order valence-electron chi connectivity index (χ4n) is 3.19. The summed E-state index contributed by atoms with van der Waals surface area (Å²) in [6.07, 6.45) is -2.54. The summed E-state index contributed by atoms with van der Waals surface area (Å²) in [6, 6.07) is 2.52. The van der Waals surface area contributed by atoms with E-state index >= 15 is 0 Å². The van der Waals surface area contributed by atoms with Gasteiger partial charge in [-0.25, -0.2) is 0 Å². The number of alkyl halides is 3. The predicted molar refractivity (Wildman–Crippen MR) is 107 cm³/mol. The van der Waals surface area contributed by atoms with Gasteiger partial charge in [-0.1, -0.05) is 47.2 Å². The maximum Gasteiger partial charge on any atom is 0.393 e. The molecule has 1 aromatic carbocycles. The van der Waals surface area contributed by atoms with E-state index in [0.717, 1.165) is 31.0 Å². The van der Waals surface area contributed by atoms with Gasteiger partial charge in [0, 0.05) is 18.7 Å². The molecule has 0 atom stereocenters. The maximum absolute atomic E-state index is 12.7. The first-order chi connectivity index (χ1) is 12.7. The summed E-state index contributed by atoms with van der Waals surface area (Å²) in [6.45, 7) is 1.41. The zero-order valence-corrected chi connectivity index (χ0v) is 17.1. The molecule has 2 saturated heterocycles. The summed E-state index contributed by atoms with van der Waals surface area (Å²) in [5, 5.41) is 2.74. The fourth-order valence-corrected chi connectivity index (χ4v) is 5.04. The van der Waals surface area contributed by atoms with Crippen LogP contribution in [0.2, 0.25) is 10.0 Å². The van der Waals surface area contributed by atoms with Crippen molar-refractivity contribution in [2.45, 2.75) is 31.9 Å². The first-order valence-electron chi connectivity index (χ1n) is 8.23. The Balaban J connectivity index is 2.11. The van der Waals surface area contributed by atoms with Crippen LogP contribution in [0.15, 0.2) is 17.0 Å². The van der Waals surface area contributed by atoms with E-state index in [4.69, 9.17) is 35.4 Å². The molecule has 0 aromatic heterocycles. The van der Waals surface area contributed by atoms with Crippen molar-refractivity contribution >= 4 is 63.1 Å². The SMILES string of the molecule is O=C1NC(=S)S/C1=C(\c1c(Cl)cc(CC(F)(F)F)cc1Cl)N1CCCCC1. The Hall–Kier alpha value is -0.960. The Morgan fingerprint density at radius 1 is 1.19 bits per heavy atom. The number of piperidine rings is 1. The molecule has 10 heteroatoms. The zero-order valence-electron chi connectivity index (χ0n) is 14.0. The number of thiocarbonyl (C=S) groups is 1. The smallest absolute Gasteiger partial charge is 0.370 e. The van der Waals surface area contributed by atoms with Crippen molar-refractivity contribution in [3.8, 4) is 0 Å². The molecule has 2 heterocycles. The fraction of sp³-hybridized carbons (Fsp3) is 0.412. The van der Waals surface area contributed by atoms with E-state index in [9.17, 15) is 18.0 Å². The molecule has 0 aliphatic carbocycles. The highest BCUT2D eigenvalue weighted by Gasteiger charge is 2.33. The summed E-state index contributed by atoms with van der Waals surface area (Å²) in [5.41, 5.74) is 0.877. The molecule has 0 spiro atoms. The van der Waals surface area contributed by atoms with Crippen LogP contribution in [0.1, 0.15) is 30.4 Å². The van der Waals surface area contributed by atoms with Crippen LogP contribution in [0.5, 0.6) is 0 Å². The van der Waals surface area contributed by atoms with Crippen molar-refractivity contribution in [3.63, 3.8) is 0 Å². The molecule has 27 heavy (non-hydrogen) atoms. The van der Waals surface area contributed by atoms with E-state index in [-0.39, 0.29) is 21.5 Å². The zero-order chi connectivity index (χ0) is 19.8. The first-order valence-corrected chi connectivity index (χ1v) is 10.2. The summed E-state index contributed by atoms with van der Waals surface area (Å²) < 4.78 is 38.5. The highest BCUT2D eigenvalue weighted by atomic mass is 35.5. The van der Waals surface area contributed by atoms with Gasteiger partial charge in [-0.2, -0.15) is 13.2 Å². The second-order valence-corrected chi connectivity index (χ2v) is 8.80. The standard InChI is InChI=1S/C17H15Cl2F3N2OS2/c18-10-6-9(8-17(20,21)22)7-11(19)12(10)13(24-4-2-1-3-5-24)14-15(25)23-16(26)27-14/h6-7H,1-5,8H2,(H,23,25,26)/b14-13+. The van der Waals surface area contributed by atoms with Gasteiger partial charge in [-0.3, -0.25) is 4.79 Å². The topological polar surface area (TPSA) is 32.3 Å². The minimum Gasteiger partial charge on any atom is -0.370 e. The monoisotopic (exact) mass is 454 g/mol. The quantitative estimate of drug-likeness (QED) is 0.489. The molecule has 2 aliphatic rings. The molecule has 2 aliphatic heterocycles. The van der Waals surface area contributed by atoms with Crippen molar-refractivity contribution in [1.82, 2.24) is 10.2 Å². The number of halogens is 5. The Bertz CT molecular complexity index is 798. The van der Waals surface area contributed by atoms with Crippen molar-refractivity contribution < 1.29 is 18.0 Å². The molecular weight excluding hydrogens is 440 g/mol. The van der Waals surface area contributed by atoms with Crippen LogP contribution in [0, 0.1) is 0 Å². The van der Waals surface area contributed by atoms with Crippen LogP contribution in [-0.2, 0) is 11.2 Å². The number of rotatable bonds is 3. The van der Waals surface area contributed by atoms with Crippen LogP contribution in [-0.4, -0.2) is 34.4 Å². The van der Waals surface area contributed by atoms with E-state index in [2.05, 4.69) is 5.32 Å². The van der Waals surface area contributed by atoms with Crippen LogP contribution >= 0.6 is 47.2 Å². The Morgan fingerprint density at radius 2 is 1.78 bits per heavy atom.